The predicted molar refractivity (Wildman–Crippen MR) is 165 cm³/mol. The summed E-state index contributed by atoms with van der Waals surface area (Å²) in [6.07, 6.45) is 5.23. The highest BCUT2D eigenvalue weighted by Crippen LogP contribution is 2.48. The van der Waals surface area contributed by atoms with Crippen LogP contribution in [0.5, 0.6) is 5.75 Å². The highest BCUT2D eigenvalue weighted by molar-refractivity contribution is 5.96. The average molecular weight is 633 g/mol. The zero-order valence-electron chi connectivity index (χ0n) is 26.3. The van der Waals surface area contributed by atoms with Crippen LogP contribution in [0.3, 0.4) is 0 Å². The van der Waals surface area contributed by atoms with Crippen molar-refractivity contribution in [3.63, 3.8) is 0 Å². The molecule has 3 fully saturated rings. The zero-order valence-corrected chi connectivity index (χ0v) is 26.3. The number of H-pyrrole nitrogens is 1. The van der Waals surface area contributed by atoms with Gasteiger partial charge in [-0.25, -0.2) is 0 Å². The predicted octanol–water partition coefficient (Wildman–Crippen LogP) is 4.81. The first-order valence-electron chi connectivity index (χ1n) is 15.4. The molecule has 246 valence electrons. The third-order valence-corrected chi connectivity index (χ3v) is 8.85. The Hall–Kier alpha value is -3.35. The summed E-state index contributed by atoms with van der Waals surface area (Å²) < 4.78 is 45.5. The van der Waals surface area contributed by atoms with Crippen molar-refractivity contribution in [3.8, 4) is 16.9 Å². The number of carbonyl (C=O) groups is 1. The molecule has 12 heteroatoms. The topological polar surface area (TPSA) is 100 Å². The van der Waals surface area contributed by atoms with Gasteiger partial charge in [0.1, 0.15) is 11.3 Å². The van der Waals surface area contributed by atoms with Crippen molar-refractivity contribution >= 4 is 17.3 Å². The smallest absolute Gasteiger partial charge is 0.386 e. The number of rotatable bonds is 10. The third kappa shape index (κ3) is 8.28. The molecule has 4 heterocycles. The van der Waals surface area contributed by atoms with Crippen LogP contribution in [0.2, 0.25) is 0 Å². The Labute approximate surface area is 260 Å². The van der Waals surface area contributed by atoms with Gasteiger partial charge in [-0.1, -0.05) is 6.07 Å². The lowest BCUT2D eigenvalue weighted by atomic mass is 9.93. The molecule has 9 nitrogen and oxygen atoms in total. The maximum absolute atomic E-state index is 12.7. The van der Waals surface area contributed by atoms with E-state index in [2.05, 4.69) is 9.88 Å². The Morgan fingerprint density at radius 1 is 1.07 bits per heavy atom. The van der Waals surface area contributed by atoms with Gasteiger partial charge in [0.2, 0.25) is 6.41 Å². The molecular formula is C33H43F3N4O5. The Balaban J connectivity index is 0.000000743. The van der Waals surface area contributed by atoms with Crippen molar-refractivity contribution in [2.75, 3.05) is 39.3 Å². The lowest BCUT2D eigenvalue weighted by Crippen LogP contribution is -2.56. The quantitative estimate of drug-likeness (QED) is 0.312. The van der Waals surface area contributed by atoms with Gasteiger partial charge in [-0.05, 0) is 63.3 Å². The first-order valence-corrected chi connectivity index (χ1v) is 15.4. The maximum Gasteiger partial charge on any atom is 0.386 e. The summed E-state index contributed by atoms with van der Waals surface area (Å²) in [6.45, 7) is 8.83. The third-order valence-electron chi connectivity index (χ3n) is 8.85. The number of likely N-dealkylation sites (tertiary alicyclic amines) is 2. The van der Waals surface area contributed by atoms with Gasteiger partial charge in [-0.2, -0.15) is 13.2 Å². The molecule has 0 unspecified atom stereocenters. The van der Waals surface area contributed by atoms with Gasteiger partial charge >= 0.3 is 6.18 Å². The fourth-order valence-corrected chi connectivity index (χ4v) is 6.09. The van der Waals surface area contributed by atoms with Gasteiger partial charge in [-0.3, -0.25) is 14.5 Å². The summed E-state index contributed by atoms with van der Waals surface area (Å²) in [4.78, 5) is 31.0. The number of piperidine rings is 1. The average Bonchev–Trinajstić information content (AvgIpc) is 3.54. The highest BCUT2D eigenvalue weighted by atomic mass is 19.4. The van der Waals surface area contributed by atoms with Crippen molar-refractivity contribution in [2.24, 2.45) is 12.5 Å². The molecule has 45 heavy (non-hydrogen) atoms. The molecule has 1 saturated carbocycles. The summed E-state index contributed by atoms with van der Waals surface area (Å²) in [7, 11) is 1.75. The summed E-state index contributed by atoms with van der Waals surface area (Å²) in [5.41, 5.74) is 2.16. The number of halogens is 3. The van der Waals surface area contributed by atoms with E-state index in [9.17, 15) is 27.9 Å². The molecule has 0 bridgehead atoms. The first kappa shape index (κ1) is 33.0. The fourth-order valence-electron chi connectivity index (χ4n) is 6.09. The number of hydrogen-bond acceptors (Lipinski definition) is 6. The van der Waals surface area contributed by atoms with Gasteiger partial charge in [0.15, 0.2) is 0 Å². The minimum atomic E-state index is -4.00. The number of carbonyl (C=O) groups excluding carboxylic acids is 1. The number of nitrogens with one attached hydrogen (secondary N) is 1. The number of aliphatic hydroxyl groups is 1. The molecule has 6 rings (SSSR count). The largest absolute Gasteiger partial charge is 0.492 e. The number of pyridine rings is 1. The van der Waals surface area contributed by atoms with E-state index in [0.29, 0.717) is 12.1 Å². The van der Waals surface area contributed by atoms with Crippen LogP contribution in [0.15, 0.2) is 41.5 Å². The van der Waals surface area contributed by atoms with Crippen molar-refractivity contribution in [1.82, 2.24) is 19.4 Å². The van der Waals surface area contributed by atoms with E-state index in [0.717, 1.165) is 92.6 Å². The normalized spacial score (nSPS) is 19.2. The van der Waals surface area contributed by atoms with Crippen LogP contribution in [0.25, 0.3) is 22.0 Å². The number of amides is 1. The number of aryl methyl sites for hydroxylation is 1. The fraction of sp³-hybridized carbons (Fsp3) is 0.576. The summed E-state index contributed by atoms with van der Waals surface area (Å²) >= 11 is 0. The van der Waals surface area contributed by atoms with E-state index < -0.39 is 11.8 Å². The molecule has 3 aliphatic rings. The minimum absolute atomic E-state index is 0.0787. The van der Waals surface area contributed by atoms with Crippen molar-refractivity contribution in [3.05, 3.63) is 52.6 Å². The Kier molecular flexibility index (Phi) is 9.40. The number of ether oxygens (including phenoxy) is 2. The molecule has 3 aromatic rings. The number of nitrogens with zero attached hydrogens (tertiary/aromatic N) is 3. The number of aromatic nitrogens is 2. The Morgan fingerprint density at radius 3 is 2.33 bits per heavy atom. The molecule has 0 radical (unpaired) electrons. The molecule has 0 atom stereocenters. The SMILES string of the molecule is CC(F)(F)F.Cn1cc(-c2cc(C(C)(C)O)ccc2OCC2(CN3CC(OC4CCN(C=O)CC4)C3)CC2)c2cc[nH]c2c1=O. The van der Waals surface area contributed by atoms with Crippen LogP contribution in [0, 0.1) is 5.41 Å². The second-order valence-corrected chi connectivity index (χ2v) is 13.4. The van der Waals surface area contributed by atoms with E-state index in [1.165, 1.54) is 0 Å². The van der Waals surface area contributed by atoms with Crippen LogP contribution in [0.4, 0.5) is 13.2 Å². The summed E-state index contributed by atoms with van der Waals surface area (Å²) in [5.74, 6) is 0.756. The Bertz CT molecular complexity index is 1540. The van der Waals surface area contributed by atoms with E-state index in [-0.39, 0.29) is 30.1 Å². The monoisotopic (exact) mass is 632 g/mol. The minimum Gasteiger partial charge on any atom is -0.492 e. The van der Waals surface area contributed by atoms with Crippen LogP contribution < -0.4 is 10.3 Å². The molecular weight excluding hydrogens is 589 g/mol. The number of fused-ring (bicyclic) bond motifs is 1. The lowest BCUT2D eigenvalue weighted by molar-refractivity contribution is -0.127. The molecule has 2 aliphatic heterocycles. The number of hydrogen-bond donors (Lipinski definition) is 2. The number of alkyl halides is 3. The second kappa shape index (κ2) is 12.8. The van der Waals surface area contributed by atoms with Crippen molar-refractivity contribution in [2.45, 2.75) is 70.4 Å². The van der Waals surface area contributed by atoms with Crippen LogP contribution in [-0.4, -0.2) is 88.6 Å². The molecule has 2 aromatic heterocycles. The van der Waals surface area contributed by atoms with Crippen molar-refractivity contribution in [1.29, 1.82) is 0 Å². The number of benzene rings is 1. The van der Waals surface area contributed by atoms with Gasteiger partial charge in [0, 0.05) is 81.0 Å². The number of aromatic amines is 1. The second-order valence-electron chi connectivity index (χ2n) is 13.4. The zero-order chi connectivity index (χ0) is 32.6. The van der Waals surface area contributed by atoms with E-state index in [1.54, 1.807) is 31.7 Å². The summed E-state index contributed by atoms with van der Waals surface area (Å²) in [6, 6.07) is 7.78. The van der Waals surface area contributed by atoms with Crippen molar-refractivity contribution < 1.29 is 32.5 Å². The van der Waals surface area contributed by atoms with Gasteiger partial charge in [0.05, 0.1) is 24.4 Å². The molecule has 1 aromatic carbocycles. The molecule has 2 saturated heterocycles. The summed E-state index contributed by atoms with van der Waals surface area (Å²) in [5, 5.41) is 11.6. The van der Waals surface area contributed by atoms with Crippen LogP contribution in [0.1, 0.15) is 52.0 Å². The van der Waals surface area contributed by atoms with E-state index >= 15 is 0 Å². The maximum atomic E-state index is 12.7. The molecule has 0 spiro atoms. The van der Waals surface area contributed by atoms with Crippen LogP contribution in [-0.2, 0) is 22.2 Å². The van der Waals surface area contributed by atoms with E-state index in [1.807, 2.05) is 35.4 Å². The van der Waals surface area contributed by atoms with Gasteiger partial charge < -0.3 is 29.0 Å². The Morgan fingerprint density at radius 2 is 1.73 bits per heavy atom. The highest BCUT2D eigenvalue weighted by Gasteiger charge is 2.47. The van der Waals surface area contributed by atoms with Gasteiger partial charge in [-0.15, -0.1) is 0 Å². The molecule has 1 aliphatic carbocycles. The molecule has 1 amide bonds. The molecule has 2 N–H and O–H groups in total. The van der Waals surface area contributed by atoms with Crippen LogP contribution >= 0.6 is 0 Å². The first-order chi connectivity index (χ1) is 21.1. The lowest BCUT2D eigenvalue weighted by Gasteiger charge is -2.43. The standard InChI is InChI=1S/C31H40N4O5.C2H3F3/c1-30(2,38)21-4-5-27(25(14-21)26-17-33(3)29(37)28-24(26)6-11-32-28)39-19-31(9-10-31)18-35-15-23(16-35)40-22-7-12-34(20-36)13-8-22;1-2(3,4)5/h4-6,11,14,17,20,22-23,32,38H,7-10,12-13,15-16,18-19H2,1-3H3;1H3. The van der Waals surface area contributed by atoms with Gasteiger partial charge in [0.25, 0.3) is 5.56 Å². The van der Waals surface area contributed by atoms with E-state index in [4.69, 9.17) is 9.47 Å².